The Morgan fingerprint density at radius 3 is 2.55 bits per heavy atom. The molecule has 0 aliphatic rings. The van der Waals surface area contributed by atoms with Crippen LogP contribution in [0.3, 0.4) is 0 Å². The molecule has 162 valence electrons. The average molecular weight is 434 g/mol. The number of H-pyrrole nitrogens is 1. The number of alkyl halides is 3. The average Bonchev–Trinajstić information content (AvgIpc) is 3.14. The predicted molar refractivity (Wildman–Crippen MR) is 107 cm³/mol. The van der Waals surface area contributed by atoms with Gasteiger partial charge in [-0.3, -0.25) is 19.7 Å². The Morgan fingerprint density at radius 2 is 1.90 bits per heavy atom. The first-order valence-corrected chi connectivity index (χ1v) is 9.12. The molecule has 31 heavy (non-hydrogen) atoms. The van der Waals surface area contributed by atoms with E-state index in [0.29, 0.717) is 10.9 Å². The van der Waals surface area contributed by atoms with Gasteiger partial charge in [0.25, 0.3) is 11.6 Å². The first-order chi connectivity index (χ1) is 14.6. The first-order valence-electron chi connectivity index (χ1n) is 9.12. The van der Waals surface area contributed by atoms with E-state index in [1.165, 1.54) is 36.5 Å². The van der Waals surface area contributed by atoms with Gasteiger partial charge in [-0.15, -0.1) is 0 Å². The number of para-hydroxylation sites is 1. The molecule has 1 aromatic heterocycles. The molecule has 2 N–H and O–H groups in total. The number of aromatic nitrogens is 1. The minimum Gasteiger partial charge on any atom is -0.360 e. The summed E-state index contributed by atoms with van der Waals surface area (Å²) in [7, 11) is 0. The maximum atomic E-state index is 13.1. The van der Waals surface area contributed by atoms with E-state index in [4.69, 9.17) is 0 Å². The van der Waals surface area contributed by atoms with Gasteiger partial charge >= 0.3 is 6.18 Å². The molecule has 3 aromatic rings. The summed E-state index contributed by atoms with van der Waals surface area (Å²) < 4.78 is 39.3. The second-order valence-corrected chi connectivity index (χ2v) is 6.60. The van der Waals surface area contributed by atoms with Crippen LogP contribution in [0, 0.1) is 10.1 Å². The number of hydrogen-bond donors (Lipinski definition) is 2. The predicted octanol–water partition coefficient (Wildman–Crippen LogP) is 4.20. The number of halogens is 3. The lowest BCUT2D eigenvalue weighted by atomic mass is 10.1. The summed E-state index contributed by atoms with van der Waals surface area (Å²) in [5.74, 6) is -1.40. The lowest BCUT2D eigenvalue weighted by Gasteiger charge is -2.21. The van der Waals surface area contributed by atoms with Crippen LogP contribution in [0.5, 0.6) is 0 Å². The summed E-state index contributed by atoms with van der Waals surface area (Å²) in [6.07, 6.45) is -3.28. The number of nitrogens with one attached hydrogen (secondary N) is 2. The van der Waals surface area contributed by atoms with Crippen molar-refractivity contribution >= 4 is 34.1 Å². The normalized spacial score (nSPS) is 11.4. The van der Waals surface area contributed by atoms with Crippen LogP contribution in [0.4, 0.5) is 24.5 Å². The van der Waals surface area contributed by atoms with Crippen molar-refractivity contribution in [2.45, 2.75) is 13.1 Å². The lowest BCUT2D eigenvalue weighted by Crippen LogP contribution is -2.38. The van der Waals surface area contributed by atoms with E-state index in [1.54, 1.807) is 6.92 Å². The number of benzene rings is 2. The van der Waals surface area contributed by atoms with Crippen LogP contribution in [-0.2, 0) is 11.0 Å². The van der Waals surface area contributed by atoms with Crippen LogP contribution in [0.25, 0.3) is 10.9 Å². The fourth-order valence-electron chi connectivity index (χ4n) is 3.10. The SMILES string of the molecule is CCN(CC(=O)Nc1ccccc1C(F)(F)F)C(=O)c1c[nH]c2ccc([N+](=O)[O-])cc12. The van der Waals surface area contributed by atoms with Gasteiger partial charge in [0.2, 0.25) is 5.91 Å². The van der Waals surface area contributed by atoms with E-state index < -0.39 is 40.7 Å². The zero-order valence-corrected chi connectivity index (χ0v) is 16.2. The number of nitro benzene ring substituents is 1. The monoisotopic (exact) mass is 434 g/mol. The molecule has 3 rings (SSSR count). The van der Waals surface area contributed by atoms with Crippen LogP contribution in [0.15, 0.2) is 48.7 Å². The number of nitro groups is 1. The number of likely N-dealkylation sites (N-methyl/N-ethyl adjacent to an activating group) is 1. The number of anilines is 1. The van der Waals surface area contributed by atoms with Gasteiger partial charge in [0.15, 0.2) is 0 Å². The molecular formula is C20H17F3N4O4. The van der Waals surface area contributed by atoms with Crippen molar-refractivity contribution in [2.24, 2.45) is 0 Å². The van der Waals surface area contributed by atoms with Gasteiger partial charge in [-0.05, 0) is 25.1 Å². The van der Waals surface area contributed by atoms with E-state index >= 15 is 0 Å². The zero-order chi connectivity index (χ0) is 22.8. The highest BCUT2D eigenvalue weighted by Gasteiger charge is 2.33. The third-order valence-corrected chi connectivity index (χ3v) is 4.62. The van der Waals surface area contributed by atoms with Crippen molar-refractivity contribution in [1.29, 1.82) is 0 Å². The number of amides is 2. The zero-order valence-electron chi connectivity index (χ0n) is 16.2. The minimum atomic E-state index is -4.65. The number of non-ortho nitro benzene ring substituents is 1. The van der Waals surface area contributed by atoms with Crippen LogP contribution in [0.1, 0.15) is 22.8 Å². The summed E-state index contributed by atoms with van der Waals surface area (Å²) in [6.45, 7) is 1.20. The molecule has 0 spiro atoms. The fourth-order valence-corrected chi connectivity index (χ4v) is 3.10. The highest BCUT2D eigenvalue weighted by atomic mass is 19.4. The second-order valence-electron chi connectivity index (χ2n) is 6.60. The van der Waals surface area contributed by atoms with Gasteiger partial charge in [0, 0.05) is 35.8 Å². The topological polar surface area (TPSA) is 108 Å². The van der Waals surface area contributed by atoms with Gasteiger partial charge in [-0.1, -0.05) is 12.1 Å². The van der Waals surface area contributed by atoms with Gasteiger partial charge in [0.05, 0.1) is 21.7 Å². The summed E-state index contributed by atoms with van der Waals surface area (Å²) >= 11 is 0. The molecule has 0 fully saturated rings. The third-order valence-electron chi connectivity index (χ3n) is 4.62. The highest BCUT2D eigenvalue weighted by molar-refractivity contribution is 6.08. The van der Waals surface area contributed by atoms with Gasteiger partial charge in [-0.25, -0.2) is 0 Å². The molecular weight excluding hydrogens is 417 g/mol. The summed E-state index contributed by atoms with van der Waals surface area (Å²) in [5.41, 5.74) is -1.00. The fraction of sp³-hybridized carbons (Fsp3) is 0.200. The quantitative estimate of drug-likeness (QED) is 0.448. The Balaban J connectivity index is 1.81. The Morgan fingerprint density at radius 1 is 1.19 bits per heavy atom. The molecule has 8 nitrogen and oxygen atoms in total. The number of carbonyl (C=O) groups is 2. The van der Waals surface area contributed by atoms with Crippen molar-refractivity contribution in [3.05, 3.63) is 69.9 Å². The molecule has 0 atom stereocenters. The van der Waals surface area contributed by atoms with Crippen LogP contribution in [-0.4, -0.2) is 39.7 Å². The standard InChI is InChI=1S/C20H17F3N4O4/c1-2-26(11-18(28)25-17-6-4-3-5-15(17)20(21,22)23)19(29)14-10-24-16-8-7-12(27(30)31)9-13(14)16/h3-10,24H,2,11H2,1H3,(H,25,28). The molecule has 2 aromatic carbocycles. The van der Waals surface area contributed by atoms with Gasteiger partial charge in [-0.2, -0.15) is 13.2 Å². The number of rotatable bonds is 6. The van der Waals surface area contributed by atoms with E-state index in [0.717, 1.165) is 17.0 Å². The number of hydrogen-bond acceptors (Lipinski definition) is 4. The Labute approximate surface area is 173 Å². The van der Waals surface area contributed by atoms with Crippen molar-refractivity contribution < 1.29 is 27.7 Å². The maximum absolute atomic E-state index is 13.1. The molecule has 1 heterocycles. The largest absolute Gasteiger partial charge is 0.418 e. The highest BCUT2D eigenvalue weighted by Crippen LogP contribution is 2.34. The number of nitrogens with zero attached hydrogens (tertiary/aromatic N) is 2. The number of aromatic amines is 1. The lowest BCUT2D eigenvalue weighted by molar-refractivity contribution is -0.384. The summed E-state index contributed by atoms with van der Waals surface area (Å²) in [6, 6.07) is 8.52. The molecule has 0 aliphatic heterocycles. The van der Waals surface area contributed by atoms with Crippen LogP contribution >= 0.6 is 0 Å². The first kappa shape index (κ1) is 21.8. The maximum Gasteiger partial charge on any atom is 0.418 e. The van der Waals surface area contributed by atoms with E-state index in [1.807, 2.05) is 0 Å². The smallest absolute Gasteiger partial charge is 0.360 e. The molecule has 0 radical (unpaired) electrons. The van der Waals surface area contributed by atoms with Crippen molar-refractivity contribution in [3.63, 3.8) is 0 Å². The van der Waals surface area contributed by atoms with Gasteiger partial charge in [0.1, 0.15) is 6.54 Å². The number of carbonyl (C=O) groups excluding carboxylic acids is 2. The molecule has 0 unspecified atom stereocenters. The van der Waals surface area contributed by atoms with E-state index in [-0.39, 0.29) is 17.8 Å². The van der Waals surface area contributed by atoms with Crippen LogP contribution in [0.2, 0.25) is 0 Å². The van der Waals surface area contributed by atoms with Crippen LogP contribution < -0.4 is 5.32 Å². The Kier molecular flexibility index (Phi) is 5.95. The van der Waals surface area contributed by atoms with Crippen molar-refractivity contribution in [2.75, 3.05) is 18.4 Å². The van der Waals surface area contributed by atoms with E-state index in [2.05, 4.69) is 10.3 Å². The molecule has 11 heteroatoms. The molecule has 2 amide bonds. The molecule has 0 saturated heterocycles. The minimum absolute atomic E-state index is 0.0920. The Hall–Kier alpha value is -3.89. The van der Waals surface area contributed by atoms with Crippen molar-refractivity contribution in [3.8, 4) is 0 Å². The summed E-state index contributed by atoms with van der Waals surface area (Å²) in [5, 5.41) is 13.5. The summed E-state index contributed by atoms with van der Waals surface area (Å²) in [4.78, 5) is 39.7. The van der Waals surface area contributed by atoms with Crippen molar-refractivity contribution in [1.82, 2.24) is 9.88 Å². The molecule has 0 saturated carbocycles. The second kappa shape index (κ2) is 8.46. The Bertz CT molecular complexity index is 1160. The molecule has 0 aliphatic carbocycles. The molecule has 0 bridgehead atoms. The van der Waals surface area contributed by atoms with Gasteiger partial charge < -0.3 is 15.2 Å². The number of fused-ring (bicyclic) bond motifs is 1. The third kappa shape index (κ3) is 4.65. The van der Waals surface area contributed by atoms with E-state index in [9.17, 15) is 32.9 Å².